The van der Waals surface area contributed by atoms with Gasteiger partial charge in [0.25, 0.3) is 0 Å². The molecular formula is C28H37N3OSi. The molecule has 4 aromatic rings. The number of fused-ring (bicyclic) bond motifs is 3. The molecule has 0 saturated carbocycles. The Hall–Kier alpha value is -2.50. The van der Waals surface area contributed by atoms with Crippen molar-refractivity contribution in [3.05, 3.63) is 71.7 Å². The van der Waals surface area contributed by atoms with E-state index in [2.05, 4.69) is 92.8 Å². The highest BCUT2D eigenvalue weighted by molar-refractivity contribution is 6.74. The maximum Gasteiger partial charge on any atom is 0.192 e. The van der Waals surface area contributed by atoms with Crippen molar-refractivity contribution in [3.8, 4) is 0 Å². The monoisotopic (exact) mass is 459 g/mol. The number of rotatable bonds is 8. The summed E-state index contributed by atoms with van der Waals surface area (Å²) < 4.78 is 8.81. The number of pyridine rings is 1. The summed E-state index contributed by atoms with van der Waals surface area (Å²) in [6, 6.07) is 17.3. The number of aryl methyl sites for hydroxylation is 1. The number of aromatic nitrogens is 3. The van der Waals surface area contributed by atoms with Crippen LogP contribution in [0.3, 0.4) is 0 Å². The molecule has 0 aliphatic heterocycles. The Balaban J connectivity index is 1.62. The topological polar surface area (TPSA) is 39.9 Å². The molecule has 33 heavy (non-hydrogen) atoms. The minimum Gasteiger partial charge on any atom is -0.413 e. The van der Waals surface area contributed by atoms with Gasteiger partial charge in [-0.25, -0.2) is 4.98 Å². The number of hydrogen-bond donors (Lipinski definition) is 0. The summed E-state index contributed by atoms with van der Waals surface area (Å²) in [6.45, 7) is 15.2. The van der Waals surface area contributed by atoms with Gasteiger partial charge in [-0.2, -0.15) is 0 Å². The molecule has 0 fully saturated rings. The number of imidazole rings is 1. The third-order valence-electron chi connectivity index (χ3n) is 7.08. The van der Waals surface area contributed by atoms with Gasteiger partial charge in [-0.3, -0.25) is 4.98 Å². The first-order valence-electron chi connectivity index (χ1n) is 12.1. The summed E-state index contributed by atoms with van der Waals surface area (Å²) in [7, 11) is -1.75. The van der Waals surface area contributed by atoms with Crippen LogP contribution in [0.2, 0.25) is 18.1 Å². The lowest BCUT2D eigenvalue weighted by Gasteiger charge is -2.36. The van der Waals surface area contributed by atoms with Crippen molar-refractivity contribution in [2.75, 3.05) is 0 Å². The largest absolute Gasteiger partial charge is 0.413 e. The Labute approximate surface area is 199 Å². The molecule has 2 aromatic carbocycles. The highest BCUT2D eigenvalue weighted by atomic mass is 28.4. The highest BCUT2D eigenvalue weighted by Crippen LogP contribution is 2.37. The third kappa shape index (κ3) is 5.04. The summed E-state index contributed by atoms with van der Waals surface area (Å²) in [5, 5.41) is 1.40. The fraction of sp³-hybridized carbons (Fsp3) is 0.429. The summed E-state index contributed by atoms with van der Waals surface area (Å²) in [5.74, 6) is 1.15. The summed E-state index contributed by atoms with van der Waals surface area (Å²) in [6.07, 6.45) is 5.20. The number of para-hydroxylation sites is 1. The minimum atomic E-state index is -1.75. The van der Waals surface area contributed by atoms with Gasteiger partial charge in [0, 0.05) is 18.4 Å². The molecular weight excluding hydrogens is 422 g/mol. The highest BCUT2D eigenvalue weighted by Gasteiger charge is 2.37. The Morgan fingerprint density at radius 3 is 2.33 bits per heavy atom. The van der Waals surface area contributed by atoms with E-state index in [0.29, 0.717) is 6.61 Å². The molecule has 0 atom stereocenters. The summed E-state index contributed by atoms with van der Waals surface area (Å²) in [5.41, 5.74) is 5.71. The molecule has 0 unspecified atom stereocenters. The van der Waals surface area contributed by atoms with Crippen molar-refractivity contribution in [2.24, 2.45) is 0 Å². The fourth-order valence-electron chi connectivity index (χ4n) is 3.91. The number of hydrogen-bond acceptors (Lipinski definition) is 3. The van der Waals surface area contributed by atoms with E-state index in [1.807, 2.05) is 12.3 Å². The van der Waals surface area contributed by atoms with Gasteiger partial charge >= 0.3 is 0 Å². The second-order valence-corrected chi connectivity index (χ2v) is 15.4. The smallest absolute Gasteiger partial charge is 0.192 e. The number of benzene rings is 2. The maximum atomic E-state index is 6.41. The van der Waals surface area contributed by atoms with Crippen LogP contribution in [0.25, 0.3) is 21.9 Å². The molecule has 4 rings (SSSR count). The predicted molar refractivity (Wildman–Crippen MR) is 141 cm³/mol. The number of nitrogens with zero attached hydrogens (tertiary/aromatic N) is 3. The standard InChI is InChI=1S/C28H37N3OSi/c1-7-8-13-26-30-25-18-29-24-12-10-9-11-23(24)27(25)31(26)19-21-14-16-22(17-15-21)20-32-33(5,6)28(2,3)4/h9-12,14-18H,7-8,13,19-20H2,1-6H3. The van der Waals surface area contributed by atoms with E-state index >= 15 is 0 Å². The molecule has 5 heteroatoms. The van der Waals surface area contributed by atoms with Crippen LogP contribution in [0, 0.1) is 0 Å². The molecule has 0 bridgehead atoms. The SMILES string of the molecule is CCCCc1nc2cnc3ccccc3c2n1Cc1ccc(CO[Si](C)(C)C(C)(C)C)cc1. The van der Waals surface area contributed by atoms with Gasteiger partial charge in [0.2, 0.25) is 0 Å². The molecule has 0 radical (unpaired) electrons. The van der Waals surface area contributed by atoms with E-state index in [4.69, 9.17) is 9.41 Å². The zero-order valence-electron chi connectivity index (χ0n) is 21.0. The lowest BCUT2D eigenvalue weighted by molar-refractivity contribution is 0.276. The van der Waals surface area contributed by atoms with E-state index in [9.17, 15) is 0 Å². The minimum absolute atomic E-state index is 0.224. The zero-order chi connectivity index (χ0) is 23.6. The first kappa shape index (κ1) is 23.6. The maximum absolute atomic E-state index is 6.41. The van der Waals surface area contributed by atoms with Crippen LogP contribution in [-0.4, -0.2) is 22.9 Å². The van der Waals surface area contributed by atoms with Crippen LogP contribution in [-0.2, 0) is 24.0 Å². The molecule has 0 N–H and O–H groups in total. The second-order valence-electron chi connectivity index (χ2n) is 10.6. The van der Waals surface area contributed by atoms with Gasteiger partial charge < -0.3 is 8.99 Å². The van der Waals surface area contributed by atoms with Crippen LogP contribution in [0.15, 0.2) is 54.7 Å². The van der Waals surface area contributed by atoms with Crippen molar-refractivity contribution in [1.29, 1.82) is 0 Å². The van der Waals surface area contributed by atoms with Crippen molar-refractivity contribution in [1.82, 2.24) is 14.5 Å². The third-order valence-corrected chi connectivity index (χ3v) is 11.6. The molecule has 0 aliphatic rings. The lowest BCUT2D eigenvalue weighted by atomic mass is 10.1. The molecule has 174 valence electrons. The van der Waals surface area contributed by atoms with Gasteiger partial charge in [-0.05, 0) is 41.7 Å². The Bertz CT molecular complexity index is 1240. The van der Waals surface area contributed by atoms with E-state index in [0.717, 1.165) is 42.7 Å². The quantitative estimate of drug-likeness (QED) is 0.256. The van der Waals surface area contributed by atoms with Crippen LogP contribution in [0.4, 0.5) is 0 Å². The van der Waals surface area contributed by atoms with E-state index in [1.54, 1.807) is 0 Å². The fourth-order valence-corrected chi connectivity index (χ4v) is 4.87. The molecule has 4 nitrogen and oxygen atoms in total. The van der Waals surface area contributed by atoms with Crippen LogP contribution >= 0.6 is 0 Å². The van der Waals surface area contributed by atoms with Crippen molar-refractivity contribution in [2.45, 2.75) is 78.2 Å². The summed E-state index contributed by atoms with van der Waals surface area (Å²) >= 11 is 0. The average Bonchev–Trinajstić information content (AvgIpc) is 3.14. The summed E-state index contributed by atoms with van der Waals surface area (Å²) in [4.78, 5) is 9.61. The zero-order valence-corrected chi connectivity index (χ0v) is 22.0. The Morgan fingerprint density at radius 2 is 1.64 bits per heavy atom. The lowest BCUT2D eigenvalue weighted by Crippen LogP contribution is -2.40. The van der Waals surface area contributed by atoms with Crippen molar-refractivity contribution in [3.63, 3.8) is 0 Å². The molecule has 0 aliphatic carbocycles. The van der Waals surface area contributed by atoms with E-state index < -0.39 is 8.32 Å². The molecule has 0 amide bonds. The van der Waals surface area contributed by atoms with Gasteiger partial charge in [-0.1, -0.05) is 76.6 Å². The molecule has 0 saturated heterocycles. The van der Waals surface area contributed by atoms with Gasteiger partial charge in [0.1, 0.15) is 11.3 Å². The van der Waals surface area contributed by atoms with Gasteiger partial charge in [-0.15, -0.1) is 0 Å². The second kappa shape index (κ2) is 9.39. The van der Waals surface area contributed by atoms with Crippen LogP contribution in [0.5, 0.6) is 0 Å². The number of unbranched alkanes of at least 4 members (excludes halogenated alkanes) is 1. The predicted octanol–water partition coefficient (Wildman–Crippen LogP) is 7.50. The molecule has 2 aromatic heterocycles. The average molecular weight is 460 g/mol. The first-order valence-corrected chi connectivity index (χ1v) is 15.0. The van der Waals surface area contributed by atoms with Gasteiger partial charge in [0.05, 0.1) is 23.8 Å². The van der Waals surface area contributed by atoms with Gasteiger partial charge in [0.15, 0.2) is 8.32 Å². The first-order chi connectivity index (χ1) is 15.7. The van der Waals surface area contributed by atoms with Crippen LogP contribution < -0.4 is 0 Å². The van der Waals surface area contributed by atoms with E-state index in [1.165, 1.54) is 22.0 Å². The molecule has 2 heterocycles. The van der Waals surface area contributed by atoms with Crippen molar-refractivity contribution >= 4 is 30.3 Å². The molecule has 0 spiro atoms. The van der Waals surface area contributed by atoms with E-state index in [-0.39, 0.29) is 5.04 Å². The Morgan fingerprint density at radius 1 is 0.939 bits per heavy atom. The normalized spacial score (nSPS) is 12.7. The Kier molecular flexibility index (Phi) is 6.73. The van der Waals surface area contributed by atoms with Crippen molar-refractivity contribution < 1.29 is 4.43 Å². The van der Waals surface area contributed by atoms with Crippen LogP contribution in [0.1, 0.15) is 57.5 Å².